The molecular weight excluding hydrogens is 416 g/mol. The summed E-state index contributed by atoms with van der Waals surface area (Å²) in [6, 6.07) is 11.7. The summed E-state index contributed by atoms with van der Waals surface area (Å²) in [7, 11) is 3.95. The van der Waals surface area contributed by atoms with Gasteiger partial charge in [0.1, 0.15) is 30.1 Å². The van der Waals surface area contributed by atoms with E-state index in [1.165, 1.54) is 6.33 Å². The first kappa shape index (κ1) is 22.4. The standard InChI is InChI=1S/C25H28N6O2/c1-30(2)13-6-11-23(32)31-14-12-20(17-31)29-25-22-16-19(28-24(22)26-18-27-25)8-7-15-33-21-9-4-3-5-10-21/h3-6,9-11,16,18,20H,12-15,17H2,1-2H3,(H2,26,27,28,29). The van der Waals surface area contributed by atoms with Gasteiger partial charge in [-0.3, -0.25) is 4.79 Å². The van der Waals surface area contributed by atoms with E-state index in [0.29, 0.717) is 13.2 Å². The van der Waals surface area contributed by atoms with Crippen LogP contribution in [0.5, 0.6) is 5.75 Å². The van der Waals surface area contributed by atoms with Crippen molar-refractivity contribution in [3.63, 3.8) is 0 Å². The summed E-state index contributed by atoms with van der Waals surface area (Å²) < 4.78 is 5.61. The highest BCUT2D eigenvalue weighted by Crippen LogP contribution is 2.23. The smallest absolute Gasteiger partial charge is 0.246 e. The van der Waals surface area contributed by atoms with Crippen LogP contribution in [0.4, 0.5) is 5.82 Å². The van der Waals surface area contributed by atoms with Crippen LogP contribution >= 0.6 is 0 Å². The van der Waals surface area contributed by atoms with Gasteiger partial charge in [0, 0.05) is 31.8 Å². The van der Waals surface area contributed by atoms with Crippen LogP contribution in [0.1, 0.15) is 12.1 Å². The average molecular weight is 445 g/mol. The number of aromatic amines is 1. The lowest BCUT2D eigenvalue weighted by Crippen LogP contribution is -2.30. The van der Waals surface area contributed by atoms with Gasteiger partial charge in [-0.15, -0.1) is 0 Å². The Balaban J connectivity index is 1.36. The molecule has 2 N–H and O–H groups in total. The Morgan fingerprint density at radius 3 is 3.00 bits per heavy atom. The largest absolute Gasteiger partial charge is 0.481 e. The summed E-state index contributed by atoms with van der Waals surface area (Å²) in [5, 5.41) is 4.35. The van der Waals surface area contributed by atoms with Crippen LogP contribution in [-0.4, -0.2) is 77.0 Å². The topological polar surface area (TPSA) is 86.4 Å². The number of hydrogen-bond donors (Lipinski definition) is 2. The second-order valence-electron chi connectivity index (χ2n) is 8.15. The van der Waals surface area contributed by atoms with Crippen LogP contribution in [-0.2, 0) is 4.79 Å². The number of rotatable bonds is 7. The van der Waals surface area contributed by atoms with Gasteiger partial charge in [0.25, 0.3) is 0 Å². The van der Waals surface area contributed by atoms with Crippen LogP contribution in [0.2, 0.25) is 0 Å². The number of ether oxygens (including phenoxy) is 1. The van der Waals surface area contributed by atoms with E-state index in [1.54, 1.807) is 6.08 Å². The van der Waals surface area contributed by atoms with E-state index in [-0.39, 0.29) is 11.9 Å². The Hall–Kier alpha value is -3.83. The average Bonchev–Trinajstić information content (AvgIpc) is 3.45. The molecule has 0 spiro atoms. The van der Waals surface area contributed by atoms with E-state index in [4.69, 9.17) is 4.74 Å². The molecule has 0 saturated carbocycles. The fourth-order valence-corrected chi connectivity index (χ4v) is 3.63. The number of nitrogens with zero attached hydrogens (tertiary/aromatic N) is 4. The molecule has 33 heavy (non-hydrogen) atoms. The van der Waals surface area contributed by atoms with E-state index in [1.807, 2.05) is 66.4 Å². The van der Waals surface area contributed by atoms with Gasteiger partial charge in [0.05, 0.1) is 11.1 Å². The minimum Gasteiger partial charge on any atom is -0.481 e. The number of carbonyl (C=O) groups is 1. The monoisotopic (exact) mass is 444 g/mol. The number of hydrogen-bond acceptors (Lipinski definition) is 6. The van der Waals surface area contributed by atoms with Crippen molar-refractivity contribution in [2.24, 2.45) is 0 Å². The number of fused-ring (bicyclic) bond motifs is 1. The third kappa shape index (κ3) is 6.11. The maximum atomic E-state index is 12.4. The van der Waals surface area contributed by atoms with Crippen molar-refractivity contribution < 1.29 is 9.53 Å². The Morgan fingerprint density at radius 2 is 2.18 bits per heavy atom. The van der Waals surface area contributed by atoms with Crippen LogP contribution in [0.15, 0.2) is 54.9 Å². The zero-order chi connectivity index (χ0) is 23.0. The van der Waals surface area contributed by atoms with Gasteiger partial charge in [-0.05, 0) is 44.6 Å². The van der Waals surface area contributed by atoms with Crippen molar-refractivity contribution in [3.05, 3.63) is 60.6 Å². The fraction of sp³-hybridized carbons (Fsp3) is 0.320. The Kier molecular flexibility index (Phi) is 7.22. The van der Waals surface area contributed by atoms with Crippen molar-refractivity contribution in [2.45, 2.75) is 12.5 Å². The zero-order valence-electron chi connectivity index (χ0n) is 18.9. The van der Waals surface area contributed by atoms with Gasteiger partial charge < -0.3 is 24.8 Å². The highest BCUT2D eigenvalue weighted by Gasteiger charge is 2.25. The number of likely N-dealkylation sites (tertiary alicyclic amines) is 1. The second-order valence-corrected chi connectivity index (χ2v) is 8.15. The molecule has 1 aliphatic rings. The van der Waals surface area contributed by atoms with Crippen molar-refractivity contribution in [1.29, 1.82) is 0 Å². The molecule has 1 amide bonds. The Bertz CT molecular complexity index is 1180. The lowest BCUT2D eigenvalue weighted by molar-refractivity contribution is -0.125. The van der Waals surface area contributed by atoms with E-state index in [9.17, 15) is 4.79 Å². The van der Waals surface area contributed by atoms with Crippen LogP contribution in [0.25, 0.3) is 11.0 Å². The first-order valence-corrected chi connectivity index (χ1v) is 11.0. The molecule has 8 nitrogen and oxygen atoms in total. The molecule has 4 rings (SSSR count). The van der Waals surface area contributed by atoms with E-state index in [0.717, 1.165) is 47.8 Å². The number of anilines is 1. The molecule has 0 radical (unpaired) electrons. The van der Waals surface area contributed by atoms with E-state index in [2.05, 4.69) is 32.1 Å². The van der Waals surface area contributed by atoms with Crippen LogP contribution < -0.4 is 10.1 Å². The number of likely N-dealkylation sites (N-methyl/N-ethyl adjacent to an activating group) is 1. The number of H-pyrrole nitrogens is 1. The number of benzene rings is 1. The minimum atomic E-state index is 0.0471. The number of aromatic nitrogens is 3. The highest BCUT2D eigenvalue weighted by molar-refractivity contribution is 5.89. The maximum absolute atomic E-state index is 12.4. The molecule has 1 atom stereocenters. The first-order valence-electron chi connectivity index (χ1n) is 11.0. The van der Waals surface area contributed by atoms with Gasteiger partial charge in [0.2, 0.25) is 5.91 Å². The lowest BCUT2D eigenvalue weighted by atomic mass is 10.2. The second kappa shape index (κ2) is 10.7. The molecule has 1 saturated heterocycles. The van der Waals surface area contributed by atoms with Crippen molar-refractivity contribution in [3.8, 4) is 17.6 Å². The molecule has 1 aromatic carbocycles. The number of carbonyl (C=O) groups excluding carboxylic acids is 1. The third-order valence-electron chi connectivity index (χ3n) is 5.27. The molecule has 2 aromatic heterocycles. The number of para-hydroxylation sites is 1. The lowest BCUT2D eigenvalue weighted by Gasteiger charge is -2.16. The molecule has 1 fully saturated rings. The fourth-order valence-electron chi connectivity index (χ4n) is 3.63. The van der Waals surface area contributed by atoms with Crippen LogP contribution in [0, 0.1) is 11.8 Å². The zero-order valence-corrected chi connectivity index (χ0v) is 18.9. The number of nitrogens with one attached hydrogen (secondary N) is 2. The molecule has 8 heteroatoms. The van der Waals surface area contributed by atoms with Gasteiger partial charge in [0.15, 0.2) is 0 Å². The summed E-state index contributed by atoms with van der Waals surface area (Å²) in [6.45, 7) is 2.41. The van der Waals surface area contributed by atoms with Crippen molar-refractivity contribution >= 4 is 22.8 Å². The summed E-state index contributed by atoms with van der Waals surface area (Å²) in [4.78, 5) is 28.2. The Morgan fingerprint density at radius 1 is 1.33 bits per heavy atom. The van der Waals surface area contributed by atoms with Gasteiger partial charge in [-0.1, -0.05) is 30.2 Å². The molecule has 0 bridgehead atoms. The molecular formula is C25H28N6O2. The summed E-state index contributed by atoms with van der Waals surface area (Å²) >= 11 is 0. The summed E-state index contributed by atoms with van der Waals surface area (Å²) in [5.74, 6) is 7.68. The molecule has 170 valence electrons. The molecule has 3 heterocycles. The van der Waals surface area contributed by atoms with Gasteiger partial charge >= 0.3 is 0 Å². The van der Waals surface area contributed by atoms with Crippen LogP contribution in [0.3, 0.4) is 0 Å². The highest BCUT2D eigenvalue weighted by atomic mass is 16.5. The quantitative estimate of drug-likeness (QED) is 0.430. The van der Waals surface area contributed by atoms with E-state index < -0.39 is 0 Å². The van der Waals surface area contributed by atoms with Gasteiger partial charge in [-0.25, -0.2) is 9.97 Å². The predicted molar refractivity (Wildman–Crippen MR) is 129 cm³/mol. The molecule has 1 unspecified atom stereocenters. The molecule has 0 aliphatic carbocycles. The summed E-state index contributed by atoms with van der Waals surface area (Å²) in [5.41, 5.74) is 1.47. The Labute approximate surface area is 193 Å². The molecule has 3 aromatic rings. The number of amides is 1. The van der Waals surface area contributed by atoms with Crippen molar-refractivity contribution in [2.75, 3.05) is 45.7 Å². The SMILES string of the molecule is CN(C)CC=CC(=O)N1CCC(Nc2ncnc3[nH]c(C#CCOc4ccccc4)cc23)C1. The summed E-state index contributed by atoms with van der Waals surface area (Å²) in [6.07, 6.45) is 5.94. The van der Waals surface area contributed by atoms with Gasteiger partial charge in [-0.2, -0.15) is 0 Å². The predicted octanol–water partition coefficient (Wildman–Crippen LogP) is 2.52. The third-order valence-corrected chi connectivity index (χ3v) is 5.27. The maximum Gasteiger partial charge on any atom is 0.246 e. The first-order chi connectivity index (χ1) is 16.1. The minimum absolute atomic E-state index is 0.0471. The van der Waals surface area contributed by atoms with Crippen molar-refractivity contribution in [1.82, 2.24) is 24.8 Å². The molecule has 1 aliphatic heterocycles. The van der Waals surface area contributed by atoms with E-state index >= 15 is 0 Å². The normalized spacial score (nSPS) is 15.7.